The summed E-state index contributed by atoms with van der Waals surface area (Å²) in [4.78, 5) is 15.0. The zero-order valence-electron chi connectivity index (χ0n) is 14.4. The third-order valence-corrected chi connectivity index (χ3v) is 4.15. The molecule has 0 fully saturated rings. The molecule has 28 heavy (non-hydrogen) atoms. The van der Waals surface area contributed by atoms with Gasteiger partial charge in [-0.15, -0.1) is 0 Å². The van der Waals surface area contributed by atoms with Gasteiger partial charge in [0.1, 0.15) is 23.5 Å². The number of H-pyrrole nitrogens is 1. The molecule has 13 heteroatoms. The second kappa shape index (κ2) is 6.51. The first kappa shape index (κ1) is 17.8. The lowest BCUT2D eigenvalue weighted by molar-refractivity contribution is -0.144. The lowest BCUT2D eigenvalue weighted by Gasteiger charge is -2.13. The molecule has 0 aromatic carbocycles. The van der Waals surface area contributed by atoms with Crippen LogP contribution < -0.4 is 5.73 Å². The number of anilines is 1. The van der Waals surface area contributed by atoms with Gasteiger partial charge in [0.2, 0.25) is 5.82 Å². The Morgan fingerprint density at radius 3 is 2.50 bits per heavy atom. The molecule has 0 aliphatic heterocycles. The molecule has 0 bridgehead atoms. The normalized spacial score (nSPS) is 13.1. The topological polar surface area (TPSA) is 137 Å². The molecular weight excluding hydrogens is 377 g/mol. The average molecular weight is 390 g/mol. The third kappa shape index (κ3) is 2.90. The second-order valence-electron chi connectivity index (χ2n) is 5.86. The quantitative estimate of drug-likeness (QED) is 0.540. The highest BCUT2D eigenvalue weighted by molar-refractivity contribution is 5.98. The van der Waals surface area contributed by atoms with Gasteiger partial charge in [-0.1, -0.05) is 6.92 Å². The fraction of sp³-hybridized carbons (Fsp3) is 0.267. The number of nitrogens with zero attached hydrogens (tertiary/aromatic N) is 8. The van der Waals surface area contributed by atoms with Crippen LogP contribution in [0.15, 0.2) is 24.9 Å². The molecule has 1 unspecified atom stereocenters. The van der Waals surface area contributed by atoms with E-state index in [0.717, 1.165) is 12.4 Å². The number of hydrogen-bond donors (Lipinski definition) is 2. The number of nitrogens with one attached hydrogen (secondary N) is 1. The van der Waals surface area contributed by atoms with Crippen molar-refractivity contribution in [2.24, 2.45) is 0 Å². The minimum atomic E-state index is -4.64. The van der Waals surface area contributed by atoms with Crippen LogP contribution >= 0.6 is 0 Å². The van der Waals surface area contributed by atoms with Crippen LogP contribution in [-0.4, -0.2) is 45.1 Å². The van der Waals surface area contributed by atoms with Crippen LogP contribution in [0.3, 0.4) is 0 Å². The monoisotopic (exact) mass is 390 g/mol. The van der Waals surface area contributed by atoms with E-state index in [2.05, 4.69) is 40.4 Å². The lowest BCUT2D eigenvalue weighted by atomic mass is 10.1. The van der Waals surface area contributed by atoms with Crippen molar-refractivity contribution < 1.29 is 13.2 Å². The smallest absolute Gasteiger partial charge is 0.383 e. The summed E-state index contributed by atoms with van der Waals surface area (Å²) in [5.41, 5.74) is 7.59. The number of aromatic amines is 1. The second-order valence-corrected chi connectivity index (χ2v) is 5.86. The van der Waals surface area contributed by atoms with Crippen LogP contribution in [0.2, 0.25) is 0 Å². The van der Waals surface area contributed by atoms with E-state index < -0.39 is 12.0 Å². The SMILES string of the molecule is CCC(c1cn[nH]n1)n1nc(-c2cnc(C(F)(F)F)nc2)c2c(N)ncnc21. The molecule has 0 saturated carbocycles. The van der Waals surface area contributed by atoms with Crippen molar-refractivity contribution in [3.63, 3.8) is 0 Å². The molecule has 0 aliphatic rings. The van der Waals surface area contributed by atoms with Crippen molar-refractivity contribution in [2.75, 3.05) is 5.73 Å². The van der Waals surface area contributed by atoms with E-state index in [1.165, 1.54) is 6.33 Å². The lowest BCUT2D eigenvalue weighted by Crippen LogP contribution is -2.13. The Balaban J connectivity index is 1.90. The van der Waals surface area contributed by atoms with Gasteiger partial charge in [0.15, 0.2) is 5.65 Å². The first-order valence-electron chi connectivity index (χ1n) is 8.14. The van der Waals surface area contributed by atoms with Gasteiger partial charge in [-0.05, 0) is 6.42 Å². The van der Waals surface area contributed by atoms with Crippen molar-refractivity contribution in [2.45, 2.75) is 25.6 Å². The van der Waals surface area contributed by atoms with E-state index in [0.29, 0.717) is 23.1 Å². The van der Waals surface area contributed by atoms with Gasteiger partial charge < -0.3 is 5.73 Å². The molecule has 4 aromatic heterocycles. The van der Waals surface area contributed by atoms with Crippen molar-refractivity contribution in [3.8, 4) is 11.3 Å². The Kier molecular flexibility index (Phi) is 4.13. The minimum absolute atomic E-state index is 0.140. The number of nitrogen functional groups attached to an aromatic ring is 1. The Hall–Kier alpha value is -3.64. The summed E-state index contributed by atoms with van der Waals surface area (Å²) < 4.78 is 39.8. The van der Waals surface area contributed by atoms with Crippen LogP contribution in [-0.2, 0) is 6.18 Å². The molecule has 4 rings (SSSR count). The fourth-order valence-electron chi connectivity index (χ4n) is 2.89. The minimum Gasteiger partial charge on any atom is -0.383 e. The third-order valence-electron chi connectivity index (χ3n) is 4.15. The molecule has 0 saturated heterocycles. The Morgan fingerprint density at radius 1 is 1.14 bits per heavy atom. The highest BCUT2D eigenvalue weighted by Crippen LogP contribution is 2.34. The zero-order valence-corrected chi connectivity index (χ0v) is 14.4. The standard InChI is InChI=1S/C15H13F3N10/c1-2-9(8-5-24-27-25-8)28-13-10(12(19)22-6-23-13)11(26-28)7-3-20-14(21-4-7)15(16,17)18/h3-6,9H,2H2,1H3,(H2,19,22,23)(H,24,25,27). The molecule has 4 aromatic rings. The first-order valence-corrected chi connectivity index (χ1v) is 8.14. The van der Waals surface area contributed by atoms with Crippen LogP contribution in [0.25, 0.3) is 22.3 Å². The maximum absolute atomic E-state index is 12.8. The maximum atomic E-state index is 12.8. The van der Waals surface area contributed by atoms with E-state index in [1.54, 1.807) is 10.9 Å². The molecule has 0 aliphatic carbocycles. The molecule has 1 atom stereocenters. The van der Waals surface area contributed by atoms with E-state index >= 15 is 0 Å². The van der Waals surface area contributed by atoms with Crippen molar-refractivity contribution in [1.82, 2.24) is 45.1 Å². The molecule has 4 heterocycles. The Labute approximate surface area is 155 Å². The Morgan fingerprint density at radius 2 is 1.89 bits per heavy atom. The number of halogens is 3. The van der Waals surface area contributed by atoms with E-state index in [-0.39, 0.29) is 23.1 Å². The van der Waals surface area contributed by atoms with E-state index in [1.807, 2.05) is 6.92 Å². The number of hydrogen-bond acceptors (Lipinski definition) is 8. The molecule has 144 valence electrons. The summed E-state index contributed by atoms with van der Waals surface area (Å²) in [6.07, 6.45) is 0.918. The van der Waals surface area contributed by atoms with Crippen molar-refractivity contribution >= 4 is 16.9 Å². The molecule has 0 radical (unpaired) electrons. The van der Waals surface area contributed by atoms with E-state index in [9.17, 15) is 13.2 Å². The summed E-state index contributed by atoms with van der Waals surface area (Å²) >= 11 is 0. The molecule has 0 spiro atoms. The highest BCUT2D eigenvalue weighted by Gasteiger charge is 2.34. The summed E-state index contributed by atoms with van der Waals surface area (Å²) in [7, 11) is 0. The first-order chi connectivity index (χ1) is 13.4. The summed E-state index contributed by atoms with van der Waals surface area (Å²) in [6.45, 7) is 1.93. The number of fused-ring (bicyclic) bond motifs is 1. The zero-order chi connectivity index (χ0) is 19.9. The predicted octanol–water partition coefficient (Wildman–Crippen LogP) is 2.00. The maximum Gasteiger partial charge on any atom is 0.451 e. The van der Waals surface area contributed by atoms with Crippen molar-refractivity contribution in [1.29, 1.82) is 0 Å². The molecule has 10 nitrogen and oxygen atoms in total. The van der Waals surface area contributed by atoms with Crippen LogP contribution in [0.4, 0.5) is 19.0 Å². The van der Waals surface area contributed by atoms with Gasteiger partial charge in [0.05, 0.1) is 17.6 Å². The number of alkyl halides is 3. The Bertz CT molecular complexity index is 1100. The highest BCUT2D eigenvalue weighted by atomic mass is 19.4. The van der Waals surface area contributed by atoms with Crippen LogP contribution in [0.5, 0.6) is 0 Å². The van der Waals surface area contributed by atoms with Gasteiger partial charge in [-0.3, -0.25) is 0 Å². The summed E-state index contributed by atoms with van der Waals surface area (Å²) in [5.74, 6) is -1.10. The fourth-order valence-corrected chi connectivity index (χ4v) is 2.89. The van der Waals surface area contributed by atoms with Gasteiger partial charge in [-0.25, -0.2) is 24.6 Å². The molecule has 3 N–H and O–H groups in total. The van der Waals surface area contributed by atoms with Gasteiger partial charge in [-0.2, -0.15) is 33.7 Å². The summed E-state index contributed by atoms with van der Waals surface area (Å²) in [6, 6.07) is -0.320. The van der Waals surface area contributed by atoms with Gasteiger partial charge >= 0.3 is 6.18 Å². The van der Waals surface area contributed by atoms with Crippen LogP contribution in [0.1, 0.15) is 30.9 Å². The number of aromatic nitrogens is 9. The largest absolute Gasteiger partial charge is 0.451 e. The van der Waals surface area contributed by atoms with E-state index in [4.69, 9.17) is 5.73 Å². The average Bonchev–Trinajstić information content (AvgIpc) is 3.32. The number of nitrogens with two attached hydrogens (primary N) is 1. The predicted molar refractivity (Wildman–Crippen MR) is 90.6 cm³/mol. The molecule has 0 amide bonds. The number of rotatable bonds is 4. The van der Waals surface area contributed by atoms with Gasteiger partial charge in [0.25, 0.3) is 0 Å². The van der Waals surface area contributed by atoms with Gasteiger partial charge in [0, 0.05) is 18.0 Å². The van der Waals surface area contributed by atoms with Crippen molar-refractivity contribution in [3.05, 3.63) is 36.4 Å². The summed E-state index contributed by atoms with van der Waals surface area (Å²) in [5, 5.41) is 15.4. The van der Waals surface area contributed by atoms with Crippen LogP contribution in [0, 0.1) is 0 Å². The molecular formula is C15H13F3N10.